The summed E-state index contributed by atoms with van der Waals surface area (Å²) in [4.78, 5) is 31.6. The molecule has 1 aromatic rings. The molecule has 3 saturated heterocycles. The quantitative estimate of drug-likeness (QED) is 0.822. The highest BCUT2D eigenvalue weighted by molar-refractivity contribution is 5.79. The second-order valence-electron chi connectivity index (χ2n) is 8.69. The first-order chi connectivity index (χ1) is 14.1. The molecular weight excluding hydrogens is 368 g/mol. The SMILES string of the molecule is Cc1ccc(C(CNC(=O)C2CCN(C(=O)N3CCCC3)CC2)N2CCCC2)o1. The molecule has 1 N–H and O–H groups in total. The van der Waals surface area contributed by atoms with Gasteiger partial charge in [-0.15, -0.1) is 0 Å². The number of nitrogens with one attached hydrogen (secondary N) is 1. The Morgan fingerprint density at radius 3 is 2.24 bits per heavy atom. The Hall–Kier alpha value is -2.02. The average Bonchev–Trinajstić information content (AvgIpc) is 3.51. The van der Waals surface area contributed by atoms with E-state index in [0.717, 1.165) is 63.4 Å². The first kappa shape index (κ1) is 20.3. The third-order valence-electron chi connectivity index (χ3n) is 6.65. The van der Waals surface area contributed by atoms with E-state index in [9.17, 15) is 9.59 Å². The lowest BCUT2D eigenvalue weighted by Gasteiger charge is -2.34. The zero-order chi connectivity index (χ0) is 20.2. The maximum absolute atomic E-state index is 12.8. The lowest BCUT2D eigenvalue weighted by atomic mass is 9.96. The van der Waals surface area contributed by atoms with Crippen LogP contribution in [0.2, 0.25) is 0 Å². The fourth-order valence-electron chi connectivity index (χ4n) is 4.88. The summed E-state index contributed by atoms with van der Waals surface area (Å²) in [6.45, 7) is 7.76. The second kappa shape index (κ2) is 9.20. The Bertz CT molecular complexity index is 699. The lowest BCUT2D eigenvalue weighted by molar-refractivity contribution is -0.126. The van der Waals surface area contributed by atoms with E-state index in [-0.39, 0.29) is 23.9 Å². The number of aryl methyl sites for hydroxylation is 1. The highest BCUT2D eigenvalue weighted by Crippen LogP contribution is 2.27. The summed E-state index contributed by atoms with van der Waals surface area (Å²) in [7, 11) is 0. The highest BCUT2D eigenvalue weighted by atomic mass is 16.3. The van der Waals surface area contributed by atoms with Gasteiger partial charge in [-0.3, -0.25) is 9.69 Å². The molecule has 0 aromatic carbocycles. The van der Waals surface area contributed by atoms with Gasteiger partial charge in [-0.05, 0) is 70.7 Å². The van der Waals surface area contributed by atoms with Crippen molar-refractivity contribution in [2.24, 2.45) is 5.92 Å². The van der Waals surface area contributed by atoms with E-state index in [4.69, 9.17) is 4.42 Å². The van der Waals surface area contributed by atoms with Crippen LogP contribution in [0.5, 0.6) is 0 Å². The van der Waals surface area contributed by atoms with Gasteiger partial charge < -0.3 is 19.5 Å². The van der Waals surface area contributed by atoms with Gasteiger partial charge in [0.05, 0.1) is 6.04 Å². The van der Waals surface area contributed by atoms with Crippen molar-refractivity contribution in [1.82, 2.24) is 20.0 Å². The zero-order valence-corrected chi connectivity index (χ0v) is 17.6. The van der Waals surface area contributed by atoms with Crippen molar-refractivity contribution in [1.29, 1.82) is 0 Å². The minimum absolute atomic E-state index is 0.00445. The molecule has 4 rings (SSSR count). The monoisotopic (exact) mass is 402 g/mol. The largest absolute Gasteiger partial charge is 0.465 e. The molecule has 3 aliphatic rings. The molecule has 7 heteroatoms. The van der Waals surface area contributed by atoms with Gasteiger partial charge in [-0.1, -0.05) is 0 Å². The van der Waals surface area contributed by atoms with Crippen LogP contribution >= 0.6 is 0 Å². The number of hydrogen-bond acceptors (Lipinski definition) is 4. The zero-order valence-electron chi connectivity index (χ0n) is 17.6. The minimum atomic E-state index is -0.00445. The summed E-state index contributed by atoms with van der Waals surface area (Å²) in [5, 5.41) is 3.18. The molecule has 3 fully saturated rings. The second-order valence-corrected chi connectivity index (χ2v) is 8.69. The topological polar surface area (TPSA) is 69.0 Å². The van der Waals surface area contributed by atoms with E-state index in [1.54, 1.807) is 0 Å². The molecule has 7 nitrogen and oxygen atoms in total. The fourth-order valence-corrected chi connectivity index (χ4v) is 4.88. The summed E-state index contributed by atoms with van der Waals surface area (Å²) in [6.07, 6.45) is 6.12. The first-order valence-electron chi connectivity index (χ1n) is 11.2. The number of urea groups is 1. The summed E-state index contributed by atoms with van der Waals surface area (Å²) in [5.74, 6) is 1.96. The standard InChI is InChI=1S/C22H34N4O3/c1-17-6-7-20(29-17)19(24-10-2-3-11-24)16-23-21(27)18-8-14-26(15-9-18)22(28)25-12-4-5-13-25/h6-7,18-19H,2-5,8-16H2,1H3,(H,23,27). The number of furan rings is 1. The average molecular weight is 403 g/mol. The molecule has 0 bridgehead atoms. The predicted octanol–water partition coefficient (Wildman–Crippen LogP) is 2.77. The van der Waals surface area contributed by atoms with E-state index in [0.29, 0.717) is 19.6 Å². The third kappa shape index (κ3) is 4.77. The van der Waals surface area contributed by atoms with Gasteiger partial charge in [0, 0.05) is 38.6 Å². The maximum Gasteiger partial charge on any atom is 0.319 e. The first-order valence-corrected chi connectivity index (χ1v) is 11.2. The van der Waals surface area contributed by atoms with E-state index >= 15 is 0 Å². The fraction of sp³-hybridized carbons (Fsp3) is 0.727. The van der Waals surface area contributed by atoms with Crippen molar-refractivity contribution in [2.45, 2.75) is 51.5 Å². The van der Waals surface area contributed by atoms with Gasteiger partial charge in [-0.2, -0.15) is 0 Å². The molecule has 29 heavy (non-hydrogen) atoms. The Morgan fingerprint density at radius 2 is 1.62 bits per heavy atom. The Morgan fingerprint density at radius 1 is 1.00 bits per heavy atom. The number of amides is 3. The van der Waals surface area contributed by atoms with Crippen LogP contribution in [0.25, 0.3) is 0 Å². The van der Waals surface area contributed by atoms with Crippen LogP contribution in [0, 0.1) is 12.8 Å². The van der Waals surface area contributed by atoms with E-state index in [1.165, 1.54) is 12.8 Å². The molecule has 0 spiro atoms. The van der Waals surface area contributed by atoms with Crippen LogP contribution < -0.4 is 5.32 Å². The molecule has 1 unspecified atom stereocenters. The molecule has 3 aliphatic heterocycles. The van der Waals surface area contributed by atoms with E-state index in [1.807, 2.05) is 28.9 Å². The summed E-state index contributed by atoms with van der Waals surface area (Å²) in [5.41, 5.74) is 0. The number of carbonyl (C=O) groups excluding carboxylic acids is 2. The summed E-state index contributed by atoms with van der Waals surface area (Å²) in [6, 6.07) is 4.29. The molecule has 3 amide bonds. The van der Waals surface area contributed by atoms with Crippen LogP contribution in [0.15, 0.2) is 16.5 Å². The Balaban J connectivity index is 1.28. The van der Waals surface area contributed by atoms with Crippen LogP contribution in [0.4, 0.5) is 4.79 Å². The van der Waals surface area contributed by atoms with Crippen molar-refractivity contribution in [3.05, 3.63) is 23.7 Å². The van der Waals surface area contributed by atoms with Gasteiger partial charge in [0.2, 0.25) is 5.91 Å². The van der Waals surface area contributed by atoms with Crippen LogP contribution in [-0.2, 0) is 4.79 Å². The van der Waals surface area contributed by atoms with Crippen molar-refractivity contribution in [3.8, 4) is 0 Å². The van der Waals surface area contributed by atoms with Crippen molar-refractivity contribution >= 4 is 11.9 Å². The molecule has 1 atom stereocenters. The molecule has 4 heterocycles. The molecular formula is C22H34N4O3. The minimum Gasteiger partial charge on any atom is -0.465 e. The smallest absolute Gasteiger partial charge is 0.319 e. The van der Waals surface area contributed by atoms with E-state index < -0.39 is 0 Å². The number of nitrogens with zero attached hydrogens (tertiary/aromatic N) is 3. The molecule has 1 aromatic heterocycles. The highest BCUT2D eigenvalue weighted by Gasteiger charge is 2.32. The summed E-state index contributed by atoms with van der Waals surface area (Å²) >= 11 is 0. The van der Waals surface area contributed by atoms with Crippen LogP contribution in [-0.4, -0.2) is 72.5 Å². The van der Waals surface area contributed by atoms with Gasteiger partial charge in [0.25, 0.3) is 0 Å². The Labute approximate surface area is 173 Å². The molecule has 0 radical (unpaired) electrons. The molecule has 0 saturated carbocycles. The number of carbonyl (C=O) groups is 2. The third-order valence-corrected chi connectivity index (χ3v) is 6.65. The van der Waals surface area contributed by atoms with Gasteiger partial charge in [0.1, 0.15) is 11.5 Å². The molecule has 0 aliphatic carbocycles. The maximum atomic E-state index is 12.8. The Kier molecular flexibility index (Phi) is 6.43. The number of rotatable bonds is 5. The van der Waals surface area contributed by atoms with Crippen LogP contribution in [0.3, 0.4) is 0 Å². The van der Waals surface area contributed by atoms with Crippen molar-refractivity contribution in [3.63, 3.8) is 0 Å². The van der Waals surface area contributed by atoms with Crippen LogP contribution in [0.1, 0.15) is 56.1 Å². The molecule has 160 valence electrons. The van der Waals surface area contributed by atoms with Crippen molar-refractivity contribution < 1.29 is 14.0 Å². The van der Waals surface area contributed by atoms with Gasteiger partial charge >= 0.3 is 6.03 Å². The van der Waals surface area contributed by atoms with Gasteiger partial charge in [0.15, 0.2) is 0 Å². The number of piperidine rings is 1. The summed E-state index contributed by atoms with van der Waals surface area (Å²) < 4.78 is 5.88. The number of likely N-dealkylation sites (tertiary alicyclic amines) is 3. The number of hydrogen-bond donors (Lipinski definition) is 1. The van der Waals surface area contributed by atoms with Crippen molar-refractivity contribution in [2.75, 3.05) is 45.8 Å². The van der Waals surface area contributed by atoms with E-state index in [2.05, 4.69) is 10.2 Å². The van der Waals surface area contributed by atoms with Gasteiger partial charge in [-0.25, -0.2) is 4.79 Å². The predicted molar refractivity (Wildman–Crippen MR) is 111 cm³/mol. The lowest BCUT2D eigenvalue weighted by Crippen LogP contribution is -2.48. The normalized spacial score (nSPS) is 22.2.